The van der Waals surface area contributed by atoms with E-state index in [-0.39, 0.29) is 5.54 Å². The molecular formula is C16H26N2O2. The van der Waals surface area contributed by atoms with Gasteiger partial charge in [0.1, 0.15) is 11.5 Å². The zero-order valence-corrected chi connectivity index (χ0v) is 13.0. The first-order valence-corrected chi connectivity index (χ1v) is 7.23. The Kier molecular flexibility index (Phi) is 4.43. The maximum absolute atomic E-state index is 6.14. The summed E-state index contributed by atoms with van der Waals surface area (Å²) in [5.41, 5.74) is 8.09. The molecule has 4 nitrogen and oxygen atoms in total. The first kappa shape index (κ1) is 15.0. The van der Waals surface area contributed by atoms with E-state index in [1.807, 2.05) is 13.8 Å². The lowest BCUT2D eigenvalue weighted by Crippen LogP contribution is -2.34. The first-order chi connectivity index (χ1) is 9.44. The largest absolute Gasteiger partial charge is 0.496 e. The minimum atomic E-state index is -0.270. The van der Waals surface area contributed by atoms with Crippen molar-refractivity contribution in [3.05, 3.63) is 17.7 Å². The summed E-state index contributed by atoms with van der Waals surface area (Å²) in [7, 11) is 3.43. The number of nitrogens with zero attached hydrogens (tertiary/aromatic N) is 1. The maximum atomic E-state index is 6.14. The van der Waals surface area contributed by atoms with Crippen LogP contribution in [0.1, 0.15) is 32.3 Å². The SMILES string of the molecule is COc1cc(N2CCCC2)c(OC)cc1CC(C)(C)N. The number of ether oxygens (including phenoxy) is 2. The maximum Gasteiger partial charge on any atom is 0.142 e. The van der Waals surface area contributed by atoms with Crippen molar-refractivity contribution >= 4 is 5.69 Å². The Labute approximate surface area is 121 Å². The zero-order valence-electron chi connectivity index (χ0n) is 13.0. The predicted molar refractivity (Wildman–Crippen MR) is 83.0 cm³/mol. The highest BCUT2D eigenvalue weighted by Crippen LogP contribution is 2.38. The van der Waals surface area contributed by atoms with Gasteiger partial charge in [-0.2, -0.15) is 0 Å². The van der Waals surface area contributed by atoms with Crippen molar-refractivity contribution in [1.29, 1.82) is 0 Å². The summed E-state index contributed by atoms with van der Waals surface area (Å²) >= 11 is 0. The molecular weight excluding hydrogens is 252 g/mol. The third kappa shape index (κ3) is 3.37. The molecule has 0 atom stereocenters. The van der Waals surface area contributed by atoms with Crippen LogP contribution < -0.4 is 20.1 Å². The number of hydrogen-bond acceptors (Lipinski definition) is 4. The van der Waals surface area contributed by atoms with E-state index >= 15 is 0 Å². The monoisotopic (exact) mass is 278 g/mol. The van der Waals surface area contributed by atoms with Crippen LogP contribution in [0.5, 0.6) is 11.5 Å². The van der Waals surface area contributed by atoms with Gasteiger partial charge in [0.25, 0.3) is 0 Å². The Balaban J connectivity index is 2.39. The lowest BCUT2D eigenvalue weighted by atomic mass is 9.95. The highest BCUT2D eigenvalue weighted by Gasteiger charge is 2.22. The Morgan fingerprint density at radius 1 is 1.10 bits per heavy atom. The molecule has 0 aromatic heterocycles. The van der Waals surface area contributed by atoms with Crippen LogP contribution in [0, 0.1) is 0 Å². The lowest BCUT2D eigenvalue weighted by Gasteiger charge is -2.25. The summed E-state index contributed by atoms with van der Waals surface area (Å²) in [6.45, 7) is 6.21. The molecule has 1 saturated heterocycles. The van der Waals surface area contributed by atoms with Crippen LogP contribution in [0.4, 0.5) is 5.69 Å². The molecule has 0 aliphatic carbocycles. The second kappa shape index (κ2) is 5.92. The molecule has 1 aromatic carbocycles. The van der Waals surface area contributed by atoms with Gasteiger partial charge in [-0.3, -0.25) is 0 Å². The Morgan fingerprint density at radius 2 is 1.70 bits per heavy atom. The van der Waals surface area contributed by atoms with Gasteiger partial charge in [0.2, 0.25) is 0 Å². The third-order valence-electron chi connectivity index (χ3n) is 3.67. The number of rotatable bonds is 5. The minimum Gasteiger partial charge on any atom is -0.496 e. The van der Waals surface area contributed by atoms with Gasteiger partial charge >= 0.3 is 0 Å². The van der Waals surface area contributed by atoms with Gasteiger partial charge in [0.15, 0.2) is 0 Å². The Morgan fingerprint density at radius 3 is 2.20 bits per heavy atom. The molecule has 1 heterocycles. The summed E-state index contributed by atoms with van der Waals surface area (Å²) in [4.78, 5) is 2.36. The summed E-state index contributed by atoms with van der Waals surface area (Å²) in [6, 6.07) is 4.16. The molecule has 2 rings (SSSR count). The van der Waals surface area contributed by atoms with E-state index in [2.05, 4.69) is 17.0 Å². The molecule has 112 valence electrons. The molecule has 2 N–H and O–H groups in total. The van der Waals surface area contributed by atoms with Crippen molar-refractivity contribution in [3.8, 4) is 11.5 Å². The molecule has 1 aliphatic heterocycles. The standard InChI is InChI=1S/C16H26N2O2/c1-16(2,17)11-12-9-15(20-4)13(10-14(12)19-3)18-7-5-6-8-18/h9-10H,5-8,11,17H2,1-4H3. The lowest BCUT2D eigenvalue weighted by molar-refractivity contribution is 0.393. The second-order valence-electron chi connectivity index (χ2n) is 6.20. The van der Waals surface area contributed by atoms with Crippen molar-refractivity contribution < 1.29 is 9.47 Å². The van der Waals surface area contributed by atoms with Crippen LogP contribution in [0.15, 0.2) is 12.1 Å². The summed E-state index contributed by atoms with van der Waals surface area (Å²) < 4.78 is 11.1. The van der Waals surface area contributed by atoms with Crippen molar-refractivity contribution in [2.45, 2.75) is 38.6 Å². The Bertz CT molecular complexity index is 460. The zero-order chi connectivity index (χ0) is 14.8. The van der Waals surface area contributed by atoms with Gasteiger partial charge in [-0.1, -0.05) is 0 Å². The van der Waals surface area contributed by atoms with Gasteiger partial charge in [-0.05, 0) is 44.7 Å². The topological polar surface area (TPSA) is 47.7 Å². The van der Waals surface area contributed by atoms with E-state index < -0.39 is 0 Å². The average Bonchev–Trinajstić information content (AvgIpc) is 2.90. The molecule has 0 spiro atoms. The fourth-order valence-corrected chi connectivity index (χ4v) is 2.78. The minimum absolute atomic E-state index is 0.270. The highest BCUT2D eigenvalue weighted by atomic mass is 16.5. The normalized spacial score (nSPS) is 15.6. The number of methoxy groups -OCH3 is 2. The van der Waals surface area contributed by atoms with E-state index in [0.717, 1.165) is 42.3 Å². The van der Waals surface area contributed by atoms with E-state index in [1.54, 1.807) is 14.2 Å². The second-order valence-corrected chi connectivity index (χ2v) is 6.20. The molecule has 1 fully saturated rings. The van der Waals surface area contributed by atoms with Gasteiger partial charge in [-0.25, -0.2) is 0 Å². The van der Waals surface area contributed by atoms with Crippen molar-refractivity contribution in [3.63, 3.8) is 0 Å². The fourth-order valence-electron chi connectivity index (χ4n) is 2.78. The van der Waals surface area contributed by atoms with Crippen LogP contribution in [0.2, 0.25) is 0 Å². The van der Waals surface area contributed by atoms with Crippen LogP contribution in [-0.4, -0.2) is 32.8 Å². The van der Waals surface area contributed by atoms with Gasteiger partial charge in [0.05, 0.1) is 19.9 Å². The number of hydrogen-bond donors (Lipinski definition) is 1. The predicted octanol–water partition coefficient (Wildman–Crippen LogP) is 2.58. The molecule has 0 bridgehead atoms. The van der Waals surface area contributed by atoms with Crippen molar-refractivity contribution in [2.24, 2.45) is 5.73 Å². The van der Waals surface area contributed by atoms with Crippen molar-refractivity contribution in [1.82, 2.24) is 0 Å². The summed E-state index contributed by atoms with van der Waals surface area (Å²) in [5.74, 6) is 1.80. The smallest absolute Gasteiger partial charge is 0.142 e. The average molecular weight is 278 g/mol. The van der Waals surface area contributed by atoms with E-state index in [9.17, 15) is 0 Å². The highest BCUT2D eigenvalue weighted by molar-refractivity contribution is 5.64. The van der Waals surface area contributed by atoms with Crippen LogP contribution in [-0.2, 0) is 6.42 Å². The quantitative estimate of drug-likeness (QED) is 0.899. The summed E-state index contributed by atoms with van der Waals surface area (Å²) in [6.07, 6.45) is 3.24. The third-order valence-corrected chi connectivity index (χ3v) is 3.67. The fraction of sp³-hybridized carbons (Fsp3) is 0.625. The number of nitrogens with two attached hydrogens (primary N) is 1. The van der Waals surface area contributed by atoms with Gasteiger partial charge in [-0.15, -0.1) is 0 Å². The molecule has 20 heavy (non-hydrogen) atoms. The molecule has 0 amide bonds. The van der Waals surface area contributed by atoms with Gasteiger partial charge in [0, 0.05) is 24.7 Å². The van der Waals surface area contributed by atoms with Crippen LogP contribution in [0.25, 0.3) is 0 Å². The molecule has 1 aromatic rings. The van der Waals surface area contributed by atoms with E-state index in [1.165, 1.54) is 12.8 Å². The molecule has 1 aliphatic rings. The molecule has 4 heteroatoms. The van der Waals surface area contributed by atoms with Crippen LogP contribution >= 0.6 is 0 Å². The van der Waals surface area contributed by atoms with Crippen LogP contribution in [0.3, 0.4) is 0 Å². The van der Waals surface area contributed by atoms with Gasteiger partial charge < -0.3 is 20.1 Å². The van der Waals surface area contributed by atoms with E-state index in [4.69, 9.17) is 15.2 Å². The first-order valence-electron chi connectivity index (χ1n) is 7.23. The van der Waals surface area contributed by atoms with E-state index in [0.29, 0.717) is 0 Å². The molecule has 0 saturated carbocycles. The molecule has 0 unspecified atom stereocenters. The summed E-state index contributed by atoms with van der Waals surface area (Å²) in [5, 5.41) is 0. The number of benzene rings is 1. The number of anilines is 1. The molecule has 0 radical (unpaired) electrons. The van der Waals surface area contributed by atoms with Crippen molar-refractivity contribution in [2.75, 3.05) is 32.2 Å². The Hall–Kier alpha value is -1.42.